The molecule has 260 valence electrons. The first-order valence-corrected chi connectivity index (χ1v) is 17.2. The van der Waals surface area contributed by atoms with Crippen molar-refractivity contribution in [3.05, 3.63) is 57.6 Å². The number of aryl methyl sites for hydroxylation is 2. The molecule has 0 heterocycles. The second kappa shape index (κ2) is 17.3. The third-order valence-corrected chi connectivity index (χ3v) is 8.29. The summed E-state index contributed by atoms with van der Waals surface area (Å²) < 4.78 is 0. The van der Waals surface area contributed by atoms with Gasteiger partial charge in [-0.2, -0.15) is 0 Å². The van der Waals surface area contributed by atoms with Crippen molar-refractivity contribution in [2.24, 2.45) is 5.73 Å². The molecule has 0 saturated heterocycles. The first kappa shape index (κ1) is 41.2. The molecule has 0 radical (unpaired) electrons. The minimum Gasteiger partial charge on any atom is -0.507 e. The van der Waals surface area contributed by atoms with E-state index in [1.807, 2.05) is 0 Å². The molecule has 0 unspecified atom stereocenters. The highest BCUT2D eigenvalue weighted by Crippen LogP contribution is 2.40. The molecule has 1 amide bonds. The normalized spacial score (nSPS) is 12.4. The van der Waals surface area contributed by atoms with Crippen LogP contribution in [0, 0.1) is 0 Å². The predicted octanol–water partition coefficient (Wildman–Crippen LogP) is 8.55. The molecule has 0 atom stereocenters. The van der Waals surface area contributed by atoms with E-state index in [9.17, 15) is 14.7 Å². The minimum atomic E-state index is -0.147. The largest absolute Gasteiger partial charge is 0.507 e. The van der Waals surface area contributed by atoms with Gasteiger partial charge in [-0.1, -0.05) is 120 Å². The van der Waals surface area contributed by atoms with E-state index in [2.05, 4.69) is 113 Å². The molecular weight excluding hydrogens is 570 g/mol. The van der Waals surface area contributed by atoms with E-state index in [0.717, 1.165) is 73.9 Å². The van der Waals surface area contributed by atoms with E-state index < -0.39 is 0 Å². The lowest BCUT2D eigenvalue weighted by Crippen LogP contribution is -2.25. The summed E-state index contributed by atoms with van der Waals surface area (Å²) in [5.41, 5.74) is 19.1. The van der Waals surface area contributed by atoms with Crippen molar-refractivity contribution in [2.45, 2.75) is 156 Å². The number of hydrogen-bond donors (Lipinski definition) is 4. The minimum absolute atomic E-state index is 0.0152. The molecule has 0 aliphatic carbocycles. The Labute approximate surface area is 281 Å². The van der Waals surface area contributed by atoms with Crippen LogP contribution in [0.5, 0.6) is 5.75 Å². The lowest BCUT2D eigenvalue weighted by molar-refractivity contribution is -0.121. The van der Waals surface area contributed by atoms with Crippen molar-refractivity contribution >= 4 is 17.9 Å². The molecule has 2 rings (SSSR count). The standard InChI is InChI=1S/C23H40N2O2.C17H27NO/c1-22(2,3)18-15-17(16-19(21(18)27)23(4,5)6)11-12-20(26)25-14-10-8-7-9-13-24;1-16(2,3)13-10-12(8-7-9-19)11-14(15(13)18)17(4,5)6/h15-16,27H,7-14,24H2,1-6H3,(H,25,26);9-11H,7-8,18H2,1-6H3. The lowest BCUT2D eigenvalue weighted by atomic mass is 9.77. The number of carbonyl (C=O) groups excluding carboxylic acids is 2. The zero-order valence-electron chi connectivity index (χ0n) is 31.4. The van der Waals surface area contributed by atoms with Crippen LogP contribution in [0.15, 0.2) is 24.3 Å². The predicted molar refractivity (Wildman–Crippen MR) is 197 cm³/mol. The van der Waals surface area contributed by atoms with E-state index in [0.29, 0.717) is 25.0 Å². The van der Waals surface area contributed by atoms with Gasteiger partial charge in [0.15, 0.2) is 0 Å². The molecule has 46 heavy (non-hydrogen) atoms. The van der Waals surface area contributed by atoms with Crippen molar-refractivity contribution in [3.8, 4) is 5.75 Å². The summed E-state index contributed by atoms with van der Waals surface area (Å²) in [7, 11) is 0. The van der Waals surface area contributed by atoms with Crippen LogP contribution in [0.4, 0.5) is 5.69 Å². The van der Waals surface area contributed by atoms with Gasteiger partial charge in [0.05, 0.1) is 0 Å². The van der Waals surface area contributed by atoms with Crippen LogP contribution >= 0.6 is 0 Å². The first-order chi connectivity index (χ1) is 21.0. The number of aromatic hydroxyl groups is 1. The fourth-order valence-corrected chi connectivity index (χ4v) is 5.50. The van der Waals surface area contributed by atoms with Crippen LogP contribution in [0.2, 0.25) is 0 Å². The van der Waals surface area contributed by atoms with E-state index in [1.54, 1.807) is 0 Å². The number of nitrogen functional groups attached to an aromatic ring is 1. The number of phenolic OH excluding ortho intramolecular Hbond substituents is 1. The molecule has 0 aliphatic rings. The number of carbonyl (C=O) groups is 2. The van der Waals surface area contributed by atoms with Crippen LogP contribution in [-0.4, -0.2) is 30.4 Å². The second-order valence-electron chi connectivity index (χ2n) is 16.9. The highest BCUT2D eigenvalue weighted by molar-refractivity contribution is 5.76. The molecule has 0 aliphatic heterocycles. The number of nitrogens with one attached hydrogen (secondary N) is 1. The molecule has 2 aromatic rings. The second-order valence-corrected chi connectivity index (χ2v) is 16.9. The molecular formula is C40H67N3O3. The number of phenols is 1. The van der Waals surface area contributed by atoms with Gasteiger partial charge in [0.2, 0.25) is 5.91 Å². The molecule has 6 nitrogen and oxygen atoms in total. The quantitative estimate of drug-likeness (QED) is 0.106. The number of nitrogens with two attached hydrogens (primary N) is 2. The Morgan fingerprint density at radius 3 is 1.52 bits per heavy atom. The molecule has 2 aromatic carbocycles. The number of rotatable bonds is 12. The summed E-state index contributed by atoms with van der Waals surface area (Å²) in [5.74, 6) is 0.484. The van der Waals surface area contributed by atoms with Crippen molar-refractivity contribution in [2.75, 3.05) is 18.8 Å². The molecule has 6 heteroatoms. The monoisotopic (exact) mass is 638 g/mol. The van der Waals surface area contributed by atoms with Gasteiger partial charge in [-0.05, 0) is 87.3 Å². The fraction of sp³-hybridized carbons (Fsp3) is 0.650. The van der Waals surface area contributed by atoms with Gasteiger partial charge >= 0.3 is 0 Å². The summed E-state index contributed by atoms with van der Waals surface area (Å²) in [4.78, 5) is 22.7. The Morgan fingerprint density at radius 1 is 0.696 bits per heavy atom. The SMILES string of the molecule is CC(C)(C)c1cc(CCC(=O)NCCCCCCN)cc(C(C)(C)C)c1O.CC(C)(C)c1cc(CCC=O)cc(C(C)(C)C)c1N. The summed E-state index contributed by atoms with van der Waals surface area (Å²) >= 11 is 0. The average Bonchev–Trinajstić information content (AvgIpc) is 2.91. The molecule has 0 saturated carbocycles. The molecule has 0 spiro atoms. The van der Waals surface area contributed by atoms with Crippen molar-refractivity contribution in [1.82, 2.24) is 5.32 Å². The summed E-state index contributed by atoms with van der Waals surface area (Å²) in [5, 5.41) is 13.8. The Hall–Kier alpha value is -2.86. The van der Waals surface area contributed by atoms with E-state index in [4.69, 9.17) is 11.5 Å². The third-order valence-electron chi connectivity index (χ3n) is 8.29. The zero-order chi connectivity index (χ0) is 35.5. The van der Waals surface area contributed by atoms with Crippen LogP contribution in [0.3, 0.4) is 0 Å². The van der Waals surface area contributed by atoms with Crippen LogP contribution in [0.25, 0.3) is 0 Å². The van der Waals surface area contributed by atoms with E-state index in [1.165, 1.54) is 16.7 Å². The molecule has 0 aromatic heterocycles. The van der Waals surface area contributed by atoms with Gasteiger partial charge in [-0.3, -0.25) is 4.79 Å². The average molecular weight is 638 g/mol. The third kappa shape index (κ3) is 13.5. The number of amides is 1. The molecule has 0 fully saturated rings. The van der Waals surface area contributed by atoms with Gasteiger partial charge in [0.25, 0.3) is 0 Å². The fourth-order valence-electron chi connectivity index (χ4n) is 5.50. The van der Waals surface area contributed by atoms with Gasteiger partial charge in [-0.25, -0.2) is 0 Å². The number of benzene rings is 2. The van der Waals surface area contributed by atoms with E-state index in [-0.39, 0.29) is 27.6 Å². The van der Waals surface area contributed by atoms with Crippen molar-refractivity contribution < 1.29 is 14.7 Å². The maximum absolute atomic E-state index is 12.2. The van der Waals surface area contributed by atoms with Gasteiger partial charge in [0.1, 0.15) is 12.0 Å². The maximum atomic E-state index is 12.2. The highest BCUT2D eigenvalue weighted by Gasteiger charge is 2.27. The van der Waals surface area contributed by atoms with Crippen molar-refractivity contribution in [1.29, 1.82) is 0 Å². The number of aldehydes is 1. The number of hydrogen-bond acceptors (Lipinski definition) is 5. The first-order valence-electron chi connectivity index (χ1n) is 17.2. The van der Waals surface area contributed by atoms with Crippen LogP contribution in [0.1, 0.15) is 155 Å². The van der Waals surface area contributed by atoms with Crippen LogP contribution in [-0.2, 0) is 44.1 Å². The molecule has 0 bridgehead atoms. The Bertz CT molecular complexity index is 1200. The Balaban J connectivity index is 0.000000489. The zero-order valence-corrected chi connectivity index (χ0v) is 31.4. The van der Waals surface area contributed by atoms with Gasteiger partial charge in [0, 0.05) is 25.1 Å². The Kier molecular flexibility index (Phi) is 15.5. The summed E-state index contributed by atoms with van der Waals surface area (Å²) in [6.45, 7) is 27.2. The number of unbranched alkanes of at least 4 members (excludes halogenated alkanes) is 3. The smallest absolute Gasteiger partial charge is 0.220 e. The maximum Gasteiger partial charge on any atom is 0.220 e. The topological polar surface area (TPSA) is 118 Å². The Morgan fingerprint density at radius 2 is 1.11 bits per heavy atom. The highest BCUT2D eigenvalue weighted by atomic mass is 16.3. The number of anilines is 1. The lowest BCUT2D eigenvalue weighted by Gasteiger charge is -2.29. The molecule has 6 N–H and O–H groups in total. The van der Waals surface area contributed by atoms with Crippen LogP contribution < -0.4 is 16.8 Å². The summed E-state index contributed by atoms with van der Waals surface area (Å²) in [6.07, 6.45) is 7.79. The summed E-state index contributed by atoms with van der Waals surface area (Å²) in [6, 6.07) is 8.44. The van der Waals surface area contributed by atoms with Crippen molar-refractivity contribution in [3.63, 3.8) is 0 Å². The van der Waals surface area contributed by atoms with Gasteiger partial charge in [-0.15, -0.1) is 0 Å². The van der Waals surface area contributed by atoms with E-state index >= 15 is 0 Å². The van der Waals surface area contributed by atoms with Gasteiger partial charge < -0.3 is 26.7 Å².